The summed E-state index contributed by atoms with van der Waals surface area (Å²) in [6.07, 6.45) is 0. The van der Waals surface area contributed by atoms with Gasteiger partial charge in [-0.2, -0.15) is 0 Å². The van der Waals surface area contributed by atoms with Gasteiger partial charge in [0.1, 0.15) is 11.3 Å². The van der Waals surface area contributed by atoms with Crippen LogP contribution in [0.5, 0.6) is 0 Å². The molecule has 1 heterocycles. The van der Waals surface area contributed by atoms with Crippen molar-refractivity contribution in [2.75, 3.05) is 17.7 Å². The number of rotatable bonds is 3. The summed E-state index contributed by atoms with van der Waals surface area (Å²) in [5, 5.41) is 0. The van der Waals surface area contributed by atoms with Gasteiger partial charge in [-0.15, -0.1) is 11.3 Å². The number of fused-ring (bicyclic) bond motifs is 1. The van der Waals surface area contributed by atoms with Gasteiger partial charge in [-0.25, -0.2) is 9.37 Å². The third kappa shape index (κ3) is 2.34. The van der Waals surface area contributed by atoms with Crippen molar-refractivity contribution in [1.29, 1.82) is 0 Å². The molecular formula is C16H16FN3S. The van der Waals surface area contributed by atoms with E-state index in [2.05, 4.69) is 4.98 Å². The number of nitrogen functional groups attached to an aromatic ring is 1. The summed E-state index contributed by atoms with van der Waals surface area (Å²) in [6.45, 7) is 1.96. The van der Waals surface area contributed by atoms with E-state index in [1.54, 1.807) is 29.0 Å². The van der Waals surface area contributed by atoms with Gasteiger partial charge in [-0.05, 0) is 25.1 Å². The summed E-state index contributed by atoms with van der Waals surface area (Å²) >= 11 is 1.56. The number of aromatic nitrogens is 1. The highest BCUT2D eigenvalue weighted by molar-refractivity contribution is 7.16. The molecule has 0 saturated heterocycles. The maximum Gasteiger partial charge on any atom is 0.128 e. The Morgan fingerprint density at radius 2 is 2.00 bits per heavy atom. The van der Waals surface area contributed by atoms with Crippen molar-refractivity contribution in [1.82, 2.24) is 4.98 Å². The number of nitrogens with zero attached hydrogens (tertiary/aromatic N) is 2. The molecule has 0 aliphatic heterocycles. The first-order valence-corrected chi connectivity index (χ1v) is 7.56. The van der Waals surface area contributed by atoms with Crippen LogP contribution >= 0.6 is 11.3 Å². The zero-order valence-corrected chi connectivity index (χ0v) is 12.7. The second-order valence-corrected chi connectivity index (χ2v) is 5.89. The van der Waals surface area contributed by atoms with E-state index in [0.717, 1.165) is 15.9 Å². The first kappa shape index (κ1) is 13.8. The van der Waals surface area contributed by atoms with E-state index >= 15 is 0 Å². The van der Waals surface area contributed by atoms with E-state index in [0.29, 0.717) is 11.3 Å². The van der Waals surface area contributed by atoms with Crippen molar-refractivity contribution in [3.8, 4) is 0 Å². The summed E-state index contributed by atoms with van der Waals surface area (Å²) in [5.74, 6) is -0.204. The molecule has 108 valence electrons. The van der Waals surface area contributed by atoms with Crippen molar-refractivity contribution in [2.45, 2.75) is 13.0 Å². The summed E-state index contributed by atoms with van der Waals surface area (Å²) < 4.78 is 15.0. The lowest BCUT2D eigenvalue weighted by molar-refractivity contribution is 0.585. The molecule has 3 rings (SSSR count). The van der Waals surface area contributed by atoms with Gasteiger partial charge in [0.25, 0.3) is 0 Å². The molecular weight excluding hydrogens is 285 g/mol. The highest BCUT2D eigenvalue weighted by Crippen LogP contribution is 2.35. The molecule has 1 aromatic heterocycles. The Balaban J connectivity index is 2.02. The predicted octanol–water partition coefficient (Wildman–Crippen LogP) is 4.22. The molecule has 0 radical (unpaired) electrons. The largest absolute Gasteiger partial charge is 0.395 e. The van der Waals surface area contributed by atoms with E-state index in [4.69, 9.17) is 5.73 Å². The van der Waals surface area contributed by atoms with Crippen LogP contribution in [0.1, 0.15) is 18.5 Å². The summed E-state index contributed by atoms with van der Waals surface area (Å²) in [4.78, 5) is 6.28. The Kier molecular flexibility index (Phi) is 3.51. The number of anilines is 2. The van der Waals surface area contributed by atoms with Crippen LogP contribution < -0.4 is 10.6 Å². The molecule has 21 heavy (non-hydrogen) atoms. The summed E-state index contributed by atoms with van der Waals surface area (Å²) in [5.41, 5.74) is 11.0. The van der Waals surface area contributed by atoms with Gasteiger partial charge in [-0.3, -0.25) is 0 Å². The molecule has 3 aromatic rings. The third-order valence-corrected chi connectivity index (χ3v) is 4.63. The number of thiazole rings is 1. The zero-order chi connectivity index (χ0) is 15.0. The summed E-state index contributed by atoms with van der Waals surface area (Å²) in [6, 6.07) is 10.7. The van der Waals surface area contributed by atoms with Crippen LogP contribution in [-0.4, -0.2) is 12.0 Å². The summed E-state index contributed by atoms with van der Waals surface area (Å²) in [7, 11) is 1.92. The molecule has 0 spiro atoms. The molecule has 1 unspecified atom stereocenters. The zero-order valence-electron chi connectivity index (χ0n) is 11.9. The quantitative estimate of drug-likeness (QED) is 0.737. The molecule has 0 saturated carbocycles. The van der Waals surface area contributed by atoms with Crippen LogP contribution in [-0.2, 0) is 0 Å². The minimum atomic E-state index is -0.204. The Morgan fingerprint density at radius 3 is 2.76 bits per heavy atom. The topological polar surface area (TPSA) is 42.2 Å². The fourth-order valence-corrected chi connectivity index (χ4v) is 3.17. The van der Waals surface area contributed by atoms with E-state index in [-0.39, 0.29) is 11.9 Å². The van der Waals surface area contributed by atoms with E-state index in [1.165, 1.54) is 6.07 Å². The monoisotopic (exact) mass is 301 g/mol. The second-order valence-electron chi connectivity index (χ2n) is 5.01. The maximum absolute atomic E-state index is 14.0. The lowest BCUT2D eigenvalue weighted by atomic mass is 10.1. The van der Waals surface area contributed by atoms with Crippen LogP contribution in [0.2, 0.25) is 0 Å². The van der Waals surface area contributed by atoms with Gasteiger partial charge in [0, 0.05) is 12.6 Å². The van der Waals surface area contributed by atoms with E-state index in [9.17, 15) is 4.39 Å². The molecule has 3 nitrogen and oxygen atoms in total. The van der Waals surface area contributed by atoms with E-state index in [1.807, 2.05) is 37.1 Å². The van der Waals surface area contributed by atoms with Crippen molar-refractivity contribution in [2.24, 2.45) is 0 Å². The smallest absolute Gasteiger partial charge is 0.128 e. The van der Waals surface area contributed by atoms with Crippen LogP contribution in [0.15, 0.2) is 41.9 Å². The highest BCUT2D eigenvalue weighted by Gasteiger charge is 2.19. The SMILES string of the molecule is CC(c1ccccc1F)N(C)c1ccc2scnc2c1N. The van der Waals surface area contributed by atoms with Crippen molar-refractivity contribution >= 4 is 32.9 Å². The Bertz CT molecular complexity index is 784. The van der Waals surface area contributed by atoms with Crippen molar-refractivity contribution in [3.63, 3.8) is 0 Å². The fourth-order valence-electron chi connectivity index (χ4n) is 2.48. The predicted molar refractivity (Wildman–Crippen MR) is 87.3 cm³/mol. The number of hydrogen-bond donors (Lipinski definition) is 1. The minimum absolute atomic E-state index is 0.121. The highest BCUT2D eigenvalue weighted by atomic mass is 32.1. The van der Waals surface area contributed by atoms with Gasteiger partial charge in [0.15, 0.2) is 0 Å². The fraction of sp³-hybridized carbons (Fsp3) is 0.188. The van der Waals surface area contributed by atoms with Gasteiger partial charge >= 0.3 is 0 Å². The lowest BCUT2D eigenvalue weighted by Crippen LogP contribution is -2.23. The van der Waals surface area contributed by atoms with Gasteiger partial charge in [0.2, 0.25) is 0 Å². The van der Waals surface area contributed by atoms with Crippen LogP contribution in [0, 0.1) is 5.82 Å². The van der Waals surface area contributed by atoms with Crippen LogP contribution in [0.25, 0.3) is 10.2 Å². The van der Waals surface area contributed by atoms with Gasteiger partial charge in [0.05, 0.1) is 27.6 Å². The Morgan fingerprint density at radius 1 is 1.24 bits per heavy atom. The normalized spacial score (nSPS) is 12.5. The average Bonchev–Trinajstić information content (AvgIpc) is 2.96. The Hall–Kier alpha value is -2.14. The molecule has 0 aliphatic rings. The first-order valence-electron chi connectivity index (χ1n) is 6.68. The molecule has 1 atom stereocenters. The third-order valence-electron chi connectivity index (χ3n) is 3.83. The van der Waals surface area contributed by atoms with Gasteiger partial charge in [-0.1, -0.05) is 18.2 Å². The Labute approximate surface area is 126 Å². The number of hydrogen-bond acceptors (Lipinski definition) is 4. The van der Waals surface area contributed by atoms with Crippen LogP contribution in [0.3, 0.4) is 0 Å². The first-order chi connectivity index (χ1) is 10.1. The van der Waals surface area contributed by atoms with Crippen molar-refractivity contribution in [3.05, 3.63) is 53.3 Å². The van der Waals surface area contributed by atoms with E-state index < -0.39 is 0 Å². The molecule has 0 amide bonds. The number of benzene rings is 2. The molecule has 5 heteroatoms. The standard InChI is InChI=1S/C16H16FN3S/c1-10(11-5-3-4-6-12(11)17)20(2)13-7-8-14-16(15(13)18)19-9-21-14/h3-10H,18H2,1-2H3. The second kappa shape index (κ2) is 5.33. The van der Waals surface area contributed by atoms with Crippen molar-refractivity contribution < 1.29 is 4.39 Å². The average molecular weight is 301 g/mol. The lowest BCUT2D eigenvalue weighted by Gasteiger charge is -2.28. The maximum atomic E-state index is 14.0. The van der Waals surface area contributed by atoms with Crippen LogP contribution in [0.4, 0.5) is 15.8 Å². The minimum Gasteiger partial charge on any atom is -0.395 e. The molecule has 0 aliphatic carbocycles. The number of halogens is 1. The molecule has 0 fully saturated rings. The molecule has 2 N–H and O–H groups in total. The molecule has 2 aromatic carbocycles. The molecule has 0 bridgehead atoms. The van der Waals surface area contributed by atoms with Gasteiger partial charge < -0.3 is 10.6 Å². The number of nitrogens with two attached hydrogens (primary N) is 1.